The fourth-order valence-electron chi connectivity index (χ4n) is 0.516. The van der Waals surface area contributed by atoms with Crippen molar-refractivity contribution in [2.24, 2.45) is 0 Å². The Kier molecular flexibility index (Phi) is 2.47. The summed E-state index contributed by atoms with van der Waals surface area (Å²) in [5.74, 6) is 0. The number of hydrogen-bond acceptors (Lipinski definition) is 4. The van der Waals surface area contributed by atoms with Gasteiger partial charge in [0, 0.05) is 6.20 Å². The highest BCUT2D eigenvalue weighted by Crippen LogP contribution is 1.93. The third-order valence-corrected chi connectivity index (χ3v) is 2.06. The van der Waals surface area contributed by atoms with E-state index < -0.39 is 0 Å². The maximum atomic E-state index is 4.92. The Morgan fingerprint density at radius 2 is 2.50 bits per heavy atom. The van der Waals surface area contributed by atoms with Crippen LogP contribution in [-0.2, 0) is 4.43 Å². The van der Waals surface area contributed by atoms with E-state index in [1.807, 2.05) is 0 Å². The average Bonchev–Trinajstić information content (AvgIpc) is 2.05. The molecular weight excluding hydrogens is 164 g/mol. The first kappa shape index (κ1) is 7.30. The van der Waals surface area contributed by atoms with Gasteiger partial charge in [-0.2, -0.15) is 0 Å². The van der Waals surface area contributed by atoms with Crippen LogP contribution in [0.3, 0.4) is 0 Å². The van der Waals surface area contributed by atoms with E-state index in [-0.39, 0.29) is 0 Å². The molecule has 0 saturated carbocycles. The first-order valence-electron chi connectivity index (χ1n) is 2.69. The first-order chi connectivity index (χ1) is 4.84. The first-order valence-corrected chi connectivity index (χ1v) is 3.91. The minimum atomic E-state index is 0.453. The zero-order valence-electron chi connectivity index (χ0n) is 5.44. The zero-order valence-corrected chi connectivity index (χ0v) is 8.26. The molecule has 0 unspecified atom stereocenters. The second kappa shape index (κ2) is 3.38. The second-order valence-corrected chi connectivity index (χ2v) is 2.37. The van der Waals surface area contributed by atoms with Crippen LogP contribution in [0.4, 0.5) is 0 Å². The molecule has 0 aliphatic carbocycles. The average molecular weight is 170 g/mol. The molecule has 0 atom stereocenters. The molecule has 0 fully saturated rings. The van der Waals surface area contributed by atoms with E-state index in [4.69, 9.17) is 16.6 Å². The highest BCUT2D eigenvalue weighted by molar-refractivity contribution is 7.80. The van der Waals surface area contributed by atoms with Gasteiger partial charge in [-0.15, -0.1) is 0 Å². The third-order valence-electron chi connectivity index (χ3n) is 0.976. The Bertz CT molecular complexity index is 228. The molecule has 3 nitrogen and oxygen atoms in total. The smallest absolute Gasteiger partial charge is 0.205 e. The van der Waals surface area contributed by atoms with Crippen LogP contribution in [0, 0.1) is 0 Å². The predicted molar refractivity (Wildman–Crippen MR) is 44.8 cm³/mol. The van der Waals surface area contributed by atoms with E-state index >= 15 is 0 Å². The molecule has 0 amide bonds. The van der Waals surface area contributed by atoms with Crippen molar-refractivity contribution in [3.05, 3.63) is 24.3 Å². The number of nitrogens with zero attached hydrogens (tertiary/aromatic N) is 2. The van der Waals surface area contributed by atoms with Gasteiger partial charge < -0.3 is 4.43 Å². The van der Waals surface area contributed by atoms with E-state index in [9.17, 15) is 0 Å². The molecule has 0 spiro atoms. The third kappa shape index (κ3) is 1.58. The maximum absolute atomic E-state index is 4.92. The molecule has 1 aromatic rings. The van der Waals surface area contributed by atoms with Crippen molar-refractivity contribution >= 4 is 27.8 Å². The Hall–Kier alpha value is -0.813. The van der Waals surface area contributed by atoms with Crippen molar-refractivity contribution in [1.82, 2.24) is 9.97 Å². The molecular formula is C5H6N2OSSi. The van der Waals surface area contributed by atoms with Crippen molar-refractivity contribution in [3.8, 4) is 0 Å². The van der Waals surface area contributed by atoms with E-state index in [1.165, 1.54) is 6.33 Å². The largest absolute Gasteiger partial charge is 0.544 e. The summed E-state index contributed by atoms with van der Waals surface area (Å²) in [7, 11) is 0.606. The molecule has 5 heteroatoms. The molecule has 0 saturated heterocycles. The van der Waals surface area contributed by atoms with Gasteiger partial charge in [0.15, 0.2) is 5.05 Å². The Balaban J connectivity index is 2.85. The summed E-state index contributed by atoms with van der Waals surface area (Å²) in [4.78, 5) is 7.64. The minimum absolute atomic E-state index is 0.453. The molecule has 0 N–H and O–H groups in total. The summed E-state index contributed by atoms with van der Waals surface area (Å²) in [6.07, 6.45) is 3.08. The molecule has 10 heavy (non-hydrogen) atoms. The summed E-state index contributed by atoms with van der Waals surface area (Å²) in [6.45, 7) is 0. The summed E-state index contributed by atoms with van der Waals surface area (Å²) < 4.78 is 4.92. The number of rotatable bonds is 1. The monoisotopic (exact) mass is 170 g/mol. The number of hydrogen-bond donors (Lipinski definition) is 0. The minimum Gasteiger partial charge on any atom is -0.544 e. The van der Waals surface area contributed by atoms with Gasteiger partial charge >= 0.3 is 0 Å². The highest BCUT2D eigenvalue weighted by Gasteiger charge is 1.97. The van der Waals surface area contributed by atoms with Crippen LogP contribution < -0.4 is 0 Å². The summed E-state index contributed by atoms with van der Waals surface area (Å²) in [5, 5.41) is 0.453. The van der Waals surface area contributed by atoms with Gasteiger partial charge in [0.25, 0.3) is 0 Å². The van der Waals surface area contributed by atoms with E-state index in [1.54, 1.807) is 12.3 Å². The predicted octanol–water partition coefficient (Wildman–Crippen LogP) is -0.551. The highest BCUT2D eigenvalue weighted by atomic mass is 32.1. The molecule has 0 aliphatic heterocycles. The lowest BCUT2D eigenvalue weighted by molar-refractivity contribution is 0.628. The number of aromatic nitrogens is 2. The fraction of sp³-hybridized carbons (Fsp3) is 0. The van der Waals surface area contributed by atoms with E-state index in [0.29, 0.717) is 21.2 Å². The van der Waals surface area contributed by atoms with E-state index in [2.05, 4.69) is 9.97 Å². The Morgan fingerprint density at radius 3 is 3.00 bits per heavy atom. The van der Waals surface area contributed by atoms with Crippen LogP contribution in [0.2, 0.25) is 0 Å². The molecule has 0 aliphatic rings. The molecule has 1 rings (SSSR count). The van der Waals surface area contributed by atoms with Crippen LogP contribution in [0.5, 0.6) is 0 Å². The molecule has 1 aromatic heterocycles. The van der Waals surface area contributed by atoms with Crippen molar-refractivity contribution in [2.45, 2.75) is 0 Å². The van der Waals surface area contributed by atoms with Crippen LogP contribution >= 0.6 is 12.2 Å². The lowest BCUT2D eigenvalue weighted by atomic mass is 10.4. The molecule has 1 heterocycles. The van der Waals surface area contributed by atoms with Gasteiger partial charge in [0.1, 0.15) is 12.0 Å². The quantitative estimate of drug-likeness (QED) is 0.418. The van der Waals surface area contributed by atoms with Gasteiger partial charge in [0.05, 0.1) is 0 Å². The molecule has 0 radical (unpaired) electrons. The van der Waals surface area contributed by atoms with Crippen LogP contribution in [0.25, 0.3) is 0 Å². The molecule has 0 bridgehead atoms. The van der Waals surface area contributed by atoms with Crippen molar-refractivity contribution in [2.75, 3.05) is 0 Å². The lowest BCUT2D eigenvalue weighted by Crippen LogP contribution is -2.02. The standard InChI is InChI=1S/C5H6N2OSSi/c9-5(8-10)4-1-2-6-3-7-4/h1-3H,10H3. The number of thiocarbonyl (C=S) groups is 1. The second-order valence-electron chi connectivity index (χ2n) is 1.59. The van der Waals surface area contributed by atoms with Gasteiger partial charge in [-0.3, -0.25) is 0 Å². The van der Waals surface area contributed by atoms with Crippen LogP contribution in [0.15, 0.2) is 18.6 Å². The van der Waals surface area contributed by atoms with Gasteiger partial charge in [-0.05, 0) is 18.3 Å². The maximum Gasteiger partial charge on any atom is 0.205 e. The fourth-order valence-corrected chi connectivity index (χ4v) is 0.846. The molecule has 0 aromatic carbocycles. The Morgan fingerprint density at radius 1 is 1.70 bits per heavy atom. The van der Waals surface area contributed by atoms with Gasteiger partial charge in [0.2, 0.25) is 10.5 Å². The topological polar surface area (TPSA) is 35.0 Å². The van der Waals surface area contributed by atoms with Crippen LogP contribution in [-0.4, -0.2) is 25.5 Å². The van der Waals surface area contributed by atoms with E-state index in [0.717, 1.165) is 0 Å². The van der Waals surface area contributed by atoms with Crippen molar-refractivity contribution < 1.29 is 4.43 Å². The van der Waals surface area contributed by atoms with Crippen LogP contribution in [0.1, 0.15) is 5.69 Å². The normalized spacial score (nSPS) is 9.20. The van der Waals surface area contributed by atoms with Crippen molar-refractivity contribution in [1.29, 1.82) is 0 Å². The summed E-state index contributed by atoms with van der Waals surface area (Å²) >= 11 is 4.84. The summed E-state index contributed by atoms with van der Waals surface area (Å²) in [5.41, 5.74) is 0.681. The van der Waals surface area contributed by atoms with Gasteiger partial charge in [-0.1, -0.05) is 0 Å². The molecule has 52 valence electrons. The SMILES string of the molecule is [SiH3]OC(=S)c1ccncn1. The Labute approximate surface area is 67.0 Å². The lowest BCUT2D eigenvalue weighted by Gasteiger charge is -1.98. The summed E-state index contributed by atoms with van der Waals surface area (Å²) in [6, 6.07) is 1.72. The van der Waals surface area contributed by atoms with Crippen molar-refractivity contribution in [3.63, 3.8) is 0 Å². The van der Waals surface area contributed by atoms with Gasteiger partial charge in [-0.25, -0.2) is 9.97 Å². The zero-order chi connectivity index (χ0) is 7.40.